The van der Waals surface area contributed by atoms with E-state index in [1.807, 2.05) is 0 Å². The van der Waals surface area contributed by atoms with E-state index in [4.69, 9.17) is 14.2 Å². The summed E-state index contributed by atoms with van der Waals surface area (Å²) in [5, 5.41) is 7.93. The summed E-state index contributed by atoms with van der Waals surface area (Å²) < 4.78 is 16.6. The van der Waals surface area contributed by atoms with E-state index in [0.29, 0.717) is 19.8 Å². The van der Waals surface area contributed by atoms with Gasteiger partial charge in [0.25, 0.3) is 0 Å². The normalized spacial score (nSPS) is 13.2. The van der Waals surface area contributed by atoms with E-state index in [2.05, 4.69) is 182 Å². The highest BCUT2D eigenvalue weighted by atomic mass is 31.2. The predicted octanol–water partition coefficient (Wildman–Crippen LogP) is 6.98. The third kappa shape index (κ3) is 7.59. The van der Waals surface area contributed by atoms with Crippen LogP contribution in [0.3, 0.4) is 0 Å². The molecular formula is C40H37NO2P2. The monoisotopic (exact) mass is 625 g/mol. The van der Waals surface area contributed by atoms with Crippen molar-refractivity contribution in [3.8, 4) is 0 Å². The van der Waals surface area contributed by atoms with Crippen molar-refractivity contribution in [1.29, 1.82) is 0 Å². The molecule has 1 fully saturated rings. The molecule has 0 unspecified atom stereocenters. The van der Waals surface area contributed by atoms with Gasteiger partial charge in [-0.25, -0.2) is 0 Å². The zero-order chi connectivity index (χ0) is 30.6. The van der Waals surface area contributed by atoms with Gasteiger partial charge in [-0.2, -0.15) is 0 Å². The first-order chi connectivity index (χ1) is 22.3. The first kappa shape index (κ1) is 30.9. The fourth-order valence-corrected chi connectivity index (χ4v) is 11.4. The second kappa shape index (κ2) is 15.8. The highest BCUT2D eigenvalue weighted by Crippen LogP contribution is 2.46. The Morgan fingerprint density at radius 2 is 0.733 bits per heavy atom. The van der Waals surface area contributed by atoms with Crippen LogP contribution in [0.4, 0.5) is 0 Å². The standard InChI is InChI=1S/C22H22NO2P.C18H15P/c1-4-10-19(11-5-1)26(20-12-6-2-7-13-20,21-14-8-3-9-15-21)23-18-22-24-16-17-25-22;1-4-10-16(11-5-1)19(17-12-6-2-7-13-17)18-14-8-3-9-15-18/h1-15,22H,16-18H2;1-15H. The summed E-state index contributed by atoms with van der Waals surface area (Å²) in [5.74, 6) is 0. The van der Waals surface area contributed by atoms with Crippen LogP contribution in [-0.4, -0.2) is 26.0 Å². The van der Waals surface area contributed by atoms with Crippen molar-refractivity contribution in [2.24, 2.45) is 4.74 Å². The van der Waals surface area contributed by atoms with E-state index in [9.17, 15) is 0 Å². The average molecular weight is 626 g/mol. The third-order valence-electron chi connectivity index (χ3n) is 7.57. The summed E-state index contributed by atoms with van der Waals surface area (Å²) >= 11 is 0. The van der Waals surface area contributed by atoms with E-state index < -0.39 is 15.0 Å². The molecule has 0 aliphatic carbocycles. The lowest BCUT2D eigenvalue weighted by molar-refractivity contribution is -0.0323. The Bertz CT molecular complexity index is 1570. The Kier molecular flexibility index (Phi) is 10.8. The Labute approximate surface area is 268 Å². The maximum atomic E-state index is 5.66. The molecule has 7 rings (SSSR count). The van der Waals surface area contributed by atoms with E-state index in [0.717, 1.165) is 0 Å². The van der Waals surface area contributed by atoms with Crippen molar-refractivity contribution in [3.63, 3.8) is 0 Å². The van der Waals surface area contributed by atoms with E-state index in [1.54, 1.807) is 0 Å². The summed E-state index contributed by atoms with van der Waals surface area (Å²) in [6, 6.07) is 64.2. The molecule has 1 aliphatic heterocycles. The van der Waals surface area contributed by atoms with Crippen molar-refractivity contribution >= 4 is 46.8 Å². The van der Waals surface area contributed by atoms with Gasteiger partial charge in [0.2, 0.25) is 0 Å². The topological polar surface area (TPSA) is 30.8 Å². The highest BCUT2D eigenvalue weighted by molar-refractivity contribution is 7.87. The van der Waals surface area contributed by atoms with Gasteiger partial charge in [-0.05, 0) is 23.8 Å². The molecule has 0 N–H and O–H groups in total. The molecule has 3 nitrogen and oxygen atoms in total. The Morgan fingerprint density at radius 1 is 0.444 bits per heavy atom. The van der Waals surface area contributed by atoms with Crippen LogP contribution in [0, 0.1) is 0 Å². The van der Waals surface area contributed by atoms with Gasteiger partial charge in [-0.3, -0.25) is 4.74 Å². The number of rotatable bonds is 8. The highest BCUT2D eigenvalue weighted by Gasteiger charge is 2.28. The van der Waals surface area contributed by atoms with Gasteiger partial charge in [-0.1, -0.05) is 182 Å². The molecule has 1 saturated heterocycles. The fourth-order valence-electron chi connectivity index (χ4n) is 5.50. The van der Waals surface area contributed by atoms with E-state index >= 15 is 0 Å². The van der Waals surface area contributed by atoms with Crippen molar-refractivity contribution in [2.45, 2.75) is 6.29 Å². The van der Waals surface area contributed by atoms with Gasteiger partial charge < -0.3 is 9.47 Å². The molecule has 5 heteroatoms. The molecule has 0 radical (unpaired) electrons. The molecule has 0 aromatic heterocycles. The van der Waals surface area contributed by atoms with Gasteiger partial charge in [0.1, 0.15) is 0 Å². The molecule has 1 heterocycles. The second-order valence-electron chi connectivity index (χ2n) is 10.5. The molecule has 224 valence electrons. The smallest absolute Gasteiger partial charge is 0.177 e. The number of nitrogens with zero attached hydrogens (tertiary/aromatic N) is 1. The zero-order valence-corrected chi connectivity index (χ0v) is 27.0. The summed E-state index contributed by atoms with van der Waals surface area (Å²) in [7, 11) is -2.59. The van der Waals surface area contributed by atoms with Gasteiger partial charge in [0, 0.05) is 15.9 Å². The third-order valence-corrected chi connectivity index (χ3v) is 13.7. The minimum atomic E-state index is -2.14. The number of hydrogen-bond donors (Lipinski definition) is 0. The van der Waals surface area contributed by atoms with Gasteiger partial charge in [-0.15, -0.1) is 0 Å². The number of benzene rings is 6. The maximum Gasteiger partial charge on any atom is 0.177 e. The molecule has 45 heavy (non-hydrogen) atoms. The Morgan fingerprint density at radius 3 is 1.04 bits per heavy atom. The van der Waals surface area contributed by atoms with Gasteiger partial charge >= 0.3 is 0 Å². The van der Waals surface area contributed by atoms with Crippen LogP contribution >= 0.6 is 15.0 Å². The molecule has 0 spiro atoms. The van der Waals surface area contributed by atoms with E-state index in [-0.39, 0.29) is 6.29 Å². The molecular weight excluding hydrogens is 588 g/mol. The second-order valence-corrected chi connectivity index (χ2v) is 15.8. The molecule has 1 aliphatic rings. The fraction of sp³-hybridized carbons (Fsp3) is 0.100. The predicted molar refractivity (Wildman–Crippen MR) is 193 cm³/mol. The average Bonchev–Trinajstić information content (AvgIpc) is 3.66. The number of hydrogen-bond acceptors (Lipinski definition) is 3. The lowest BCUT2D eigenvalue weighted by Crippen LogP contribution is -2.26. The summed E-state index contributed by atoms with van der Waals surface area (Å²) in [5.41, 5.74) is 0. The maximum absolute atomic E-state index is 5.66. The summed E-state index contributed by atoms with van der Waals surface area (Å²) in [4.78, 5) is 0. The first-order valence-corrected chi connectivity index (χ1v) is 18.4. The molecule has 0 saturated carbocycles. The molecule has 6 aromatic carbocycles. The van der Waals surface area contributed by atoms with E-state index in [1.165, 1.54) is 31.8 Å². The van der Waals surface area contributed by atoms with Crippen molar-refractivity contribution < 1.29 is 9.47 Å². The van der Waals surface area contributed by atoms with Gasteiger partial charge in [0.05, 0.1) is 26.8 Å². The summed E-state index contributed by atoms with van der Waals surface area (Å²) in [6.45, 7) is 1.83. The van der Waals surface area contributed by atoms with Crippen LogP contribution in [0.25, 0.3) is 0 Å². The van der Waals surface area contributed by atoms with Crippen LogP contribution in [0.2, 0.25) is 0 Å². The van der Waals surface area contributed by atoms with Crippen LogP contribution in [0.15, 0.2) is 187 Å². The Balaban J connectivity index is 0.000000167. The first-order valence-electron chi connectivity index (χ1n) is 15.3. The molecule has 0 atom stereocenters. The lowest BCUT2D eigenvalue weighted by Gasteiger charge is -2.27. The molecule has 6 aromatic rings. The molecule has 0 amide bonds. The lowest BCUT2D eigenvalue weighted by atomic mass is 10.4. The van der Waals surface area contributed by atoms with Gasteiger partial charge in [0.15, 0.2) is 6.29 Å². The van der Waals surface area contributed by atoms with Crippen molar-refractivity contribution in [2.75, 3.05) is 19.8 Å². The van der Waals surface area contributed by atoms with Crippen molar-refractivity contribution in [1.82, 2.24) is 0 Å². The minimum Gasteiger partial charge on any atom is -0.348 e. The SMILES string of the molecule is c1ccc(P(=NCC2OCCO2)(c2ccccc2)c2ccccc2)cc1.c1ccc(P(c2ccccc2)c2ccccc2)cc1. The quantitative estimate of drug-likeness (QED) is 0.171. The van der Waals surface area contributed by atoms with Crippen LogP contribution < -0.4 is 31.8 Å². The zero-order valence-electron chi connectivity index (χ0n) is 25.2. The van der Waals surface area contributed by atoms with Crippen LogP contribution in [0.5, 0.6) is 0 Å². The molecule has 0 bridgehead atoms. The van der Waals surface area contributed by atoms with Crippen LogP contribution in [-0.2, 0) is 9.47 Å². The minimum absolute atomic E-state index is 0.245. The Hall–Kier alpha value is -4.10. The number of ether oxygens (including phenoxy) is 2. The summed E-state index contributed by atoms with van der Waals surface area (Å²) in [6.07, 6.45) is -0.245. The largest absolute Gasteiger partial charge is 0.348 e. The van der Waals surface area contributed by atoms with Crippen molar-refractivity contribution in [3.05, 3.63) is 182 Å². The van der Waals surface area contributed by atoms with Crippen LogP contribution in [0.1, 0.15) is 0 Å².